The maximum Gasteiger partial charge on any atom is 0.435 e. The highest BCUT2D eigenvalue weighted by Gasteiger charge is 2.34. The van der Waals surface area contributed by atoms with Crippen molar-refractivity contribution in [2.45, 2.75) is 26.1 Å². The molecule has 0 aliphatic carbocycles. The second-order valence-corrected chi connectivity index (χ2v) is 5.84. The van der Waals surface area contributed by atoms with Gasteiger partial charge < -0.3 is 5.32 Å². The average molecular weight is 390 g/mol. The number of hydrogen-bond acceptors (Lipinski definition) is 2. The highest BCUT2D eigenvalue weighted by molar-refractivity contribution is 9.10. The van der Waals surface area contributed by atoms with Crippen molar-refractivity contribution in [3.8, 4) is 0 Å². The molecule has 0 fully saturated rings. The summed E-state index contributed by atoms with van der Waals surface area (Å²) in [4.78, 5) is 12.0. The molecule has 4 nitrogen and oxygen atoms in total. The number of rotatable bonds is 5. The smallest absolute Gasteiger partial charge is 0.352 e. The van der Waals surface area contributed by atoms with Gasteiger partial charge in [0.1, 0.15) is 0 Å². The van der Waals surface area contributed by atoms with E-state index in [0.717, 1.165) is 6.07 Å². The molecule has 0 bridgehead atoms. The fourth-order valence-electron chi connectivity index (χ4n) is 2.05. The number of aromatic nitrogens is 2. The summed E-state index contributed by atoms with van der Waals surface area (Å²) in [5.41, 5.74) is 0.0591. The van der Waals surface area contributed by atoms with Gasteiger partial charge in [-0.2, -0.15) is 18.3 Å². The van der Waals surface area contributed by atoms with E-state index in [4.69, 9.17) is 0 Å². The van der Waals surface area contributed by atoms with Gasteiger partial charge in [-0.1, -0.05) is 12.1 Å². The monoisotopic (exact) mass is 389 g/mol. The van der Waals surface area contributed by atoms with Gasteiger partial charge in [-0.3, -0.25) is 9.48 Å². The minimum atomic E-state index is -4.44. The zero-order chi connectivity index (χ0) is 17.0. The standard InChI is InChI=1S/C15H15BrF3N3O/c1-10-9-13(15(17,18)19)21-22(10)8-4-7-20-14(23)11-5-2-3-6-12(11)16/h2-3,5-6,9H,4,7-8H2,1H3,(H,20,23). The fourth-order valence-corrected chi connectivity index (χ4v) is 2.51. The van der Waals surface area contributed by atoms with Crippen LogP contribution >= 0.6 is 15.9 Å². The van der Waals surface area contributed by atoms with Crippen molar-refractivity contribution >= 4 is 21.8 Å². The Bertz CT molecular complexity index is 698. The van der Waals surface area contributed by atoms with E-state index in [9.17, 15) is 18.0 Å². The van der Waals surface area contributed by atoms with Crippen LogP contribution in [0.3, 0.4) is 0 Å². The molecule has 1 N–H and O–H groups in total. The van der Waals surface area contributed by atoms with Crippen LogP contribution in [0.15, 0.2) is 34.8 Å². The van der Waals surface area contributed by atoms with Crippen molar-refractivity contribution in [2.24, 2.45) is 0 Å². The molecule has 23 heavy (non-hydrogen) atoms. The molecule has 8 heteroatoms. The van der Waals surface area contributed by atoms with Crippen molar-refractivity contribution in [2.75, 3.05) is 6.54 Å². The predicted octanol–water partition coefficient (Wildman–Crippen LogP) is 3.79. The van der Waals surface area contributed by atoms with Crippen LogP contribution < -0.4 is 5.32 Å². The minimum Gasteiger partial charge on any atom is -0.352 e. The number of hydrogen-bond donors (Lipinski definition) is 1. The topological polar surface area (TPSA) is 46.9 Å². The minimum absolute atomic E-state index is 0.231. The van der Waals surface area contributed by atoms with Gasteiger partial charge >= 0.3 is 6.18 Å². The quantitative estimate of drug-likeness (QED) is 0.790. The van der Waals surface area contributed by atoms with Gasteiger partial charge in [0.25, 0.3) is 5.91 Å². The van der Waals surface area contributed by atoms with E-state index in [-0.39, 0.29) is 5.91 Å². The van der Waals surface area contributed by atoms with E-state index in [1.54, 1.807) is 31.2 Å². The summed E-state index contributed by atoms with van der Waals surface area (Å²) in [5.74, 6) is -0.231. The number of alkyl halides is 3. The first-order valence-electron chi connectivity index (χ1n) is 6.93. The molecule has 1 aromatic heterocycles. The van der Waals surface area contributed by atoms with E-state index >= 15 is 0 Å². The highest BCUT2D eigenvalue weighted by atomic mass is 79.9. The Balaban J connectivity index is 1.85. The number of nitrogens with one attached hydrogen (secondary N) is 1. The van der Waals surface area contributed by atoms with E-state index < -0.39 is 11.9 Å². The number of carbonyl (C=O) groups excluding carboxylic acids is 1. The number of aryl methyl sites for hydroxylation is 2. The third-order valence-electron chi connectivity index (χ3n) is 3.22. The van der Waals surface area contributed by atoms with Crippen LogP contribution in [-0.2, 0) is 12.7 Å². The molecule has 2 rings (SSSR count). The van der Waals surface area contributed by atoms with Crippen molar-refractivity contribution in [1.82, 2.24) is 15.1 Å². The van der Waals surface area contributed by atoms with Gasteiger partial charge in [-0.25, -0.2) is 0 Å². The number of amides is 1. The summed E-state index contributed by atoms with van der Waals surface area (Å²) in [6.45, 7) is 2.22. The van der Waals surface area contributed by atoms with Crippen molar-refractivity contribution in [3.05, 3.63) is 51.8 Å². The lowest BCUT2D eigenvalue weighted by Gasteiger charge is -2.08. The molecular formula is C15H15BrF3N3O. The Morgan fingerprint density at radius 1 is 1.35 bits per heavy atom. The van der Waals surface area contributed by atoms with E-state index in [0.29, 0.717) is 35.2 Å². The SMILES string of the molecule is Cc1cc(C(F)(F)F)nn1CCCNC(=O)c1ccccc1Br. The zero-order valence-electron chi connectivity index (χ0n) is 12.3. The van der Waals surface area contributed by atoms with Gasteiger partial charge in [-0.15, -0.1) is 0 Å². The maximum atomic E-state index is 12.6. The molecule has 1 amide bonds. The van der Waals surface area contributed by atoms with Gasteiger partial charge in [0.2, 0.25) is 0 Å². The highest BCUT2D eigenvalue weighted by Crippen LogP contribution is 2.28. The van der Waals surface area contributed by atoms with Gasteiger partial charge in [0, 0.05) is 23.3 Å². The summed E-state index contributed by atoms with van der Waals surface area (Å²) in [7, 11) is 0. The van der Waals surface area contributed by atoms with Crippen LogP contribution in [0.25, 0.3) is 0 Å². The van der Waals surface area contributed by atoms with Crippen LogP contribution in [0.1, 0.15) is 28.2 Å². The van der Waals surface area contributed by atoms with E-state index in [2.05, 4.69) is 26.3 Å². The third-order valence-corrected chi connectivity index (χ3v) is 3.91. The van der Waals surface area contributed by atoms with Crippen molar-refractivity contribution in [1.29, 1.82) is 0 Å². The Morgan fingerprint density at radius 3 is 2.65 bits per heavy atom. The van der Waals surface area contributed by atoms with Crippen LogP contribution in [-0.4, -0.2) is 22.2 Å². The summed E-state index contributed by atoms with van der Waals surface area (Å²) in [6, 6.07) is 8.03. The molecule has 0 radical (unpaired) electrons. The fraction of sp³-hybridized carbons (Fsp3) is 0.333. The second-order valence-electron chi connectivity index (χ2n) is 4.98. The molecule has 0 spiro atoms. The number of halogens is 4. The van der Waals surface area contributed by atoms with Crippen LogP contribution in [0.5, 0.6) is 0 Å². The van der Waals surface area contributed by atoms with Gasteiger partial charge in [0.05, 0.1) is 5.56 Å². The Morgan fingerprint density at radius 2 is 2.04 bits per heavy atom. The molecule has 0 unspecified atom stereocenters. The molecule has 2 aromatic rings. The van der Waals surface area contributed by atoms with Crippen LogP contribution in [0.4, 0.5) is 13.2 Å². The summed E-state index contributed by atoms with van der Waals surface area (Å²) >= 11 is 3.29. The predicted molar refractivity (Wildman–Crippen MR) is 83.1 cm³/mol. The largest absolute Gasteiger partial charge is 0.435 e. The Kier molecular flexibility index (Phi) is 5.46. The van der Waals surface area contributed by atoms with E-state index in [1.807, 2.05) is 0 Å². The molecule has 0 saturated carbocycles. The first-order valence-corrected chi connectivity index (χ1v) is 7.72. The Hall–Kier alpha value is -1.83. The molecule has 0 atom stereocenters. The summed E-state index contributed by atoms with van der Waals surface area (Å²) in [5, 5.41) is 6.28. The number of benzene rings is 1. The molecule has 124 valence electrons. The molecule has 0 aliphatic rings. The normalized spacial score (nSPS) is 11.5. The first kappa shape index (κ1) is 17.5. The van der Waals surface area contributed by atoms with Crippen molar-refractivity contribution in [3.63, 3.8) is 0 Å². The van der Waals surface area contributed by atoms with Crippen LogP contribution in [0, 0.1) is 6.92 Å². The first-order chi connectivity index (χ1) is 10.8. The Labute approximate surface area is 139 Å². The summed E-state index contributed by atoms with van der Waals surface area (Å²) < 4.78 is 39.7. The molecule has 1 aromatic carbocycles. The molecular weight excluding hydrogens is 375 g/mol. The lowest BCUT2D eigenvalue weighted by molar-refractivity contribution is -0.141. The van der Waals surface area contributed by atoms with E-state index in [1.165, 1.54) is 4.68 Å². The van der Waals surface area contributed by atoms with Crippen LogP contribution in [0.2, 0.25) is 0 Å². The molecule has 1 heterocycles. The number of nitrogens with zero attached hydrogens (tertiary/aromatic N) is 2. The number of carbonyl (C=O) groups is 1. The lowest BCUT2D eigenvalue weighted by atomic mass is 10.2. The maximum absolute atomic E-state index is 12.6. The zero-order valence-corrected chi connectivity index (χ0v) is 13.9. The molecule has 0 saturated heterocycles. The van der Waals surface area contributed by atoms with Crippen molar-refractivity contribution < 1.29 is 18.0 Å². The van der Waals surface area contributed by atoms with Gasteiger partial charge in [0.15, 0.2) is 5.69 Å². The lowest BCUT2D eigenvalue weighted by Crippen LogP contribution is -2.25. The third kappa shape index (κ3) is 4.57. The van der Waals surface area contributed by atoms with Gasteiger partial charge in [-0.05, 0) is 47.5 Å². The average Bonchev–Trinajstić information content (AvgIpc) is 2.85. The molecule has 0 aliphatic heterocycles. The summed E-state index contributed by atoms with van der Waals surface area (Å²) in [6.07, 6.45) is -3.96. The second kappa shape index (κ2) is 7.16.